The van der Waals surface area contributed by atoms with E-state index in [1.807, 2.05) is 4.68 Å². The minimum Gasteiger partial charge on any atom is -0.313 e. The average molecular weight is 334 g/mol. The smallest absolute Gasteiger partial charge is 0.0701 e. The number of halogens is 1. The van der Waals surface area contributed by atoms with Crippen molar-refractivity contribution in [1.82, 2.24) is 15.1 Å². The summed E-state index contributed by atoms with van der Waals surface area (Å²) in [5, 5.41) is 8.21. The zero-order valence-corrected chi connectivity index (χ0v) is 13.4. The Balaban J connectivity index is 1.86. The van der Waals surface area contributed by atoms with E-state index in [1.54, 1.807) is 0 Å². The highest BCUT2D eigenvalue weighted by Crippen LogP contribution is 2.39. The van der Waals surface area contributed by atoms with Gasteiger partial charge in [-0.1, -0.05) is 28.9 Å². The molecule has 1 aliphatic rings. The molecule has 4 heteroatoms. The second-order valence-corrected chi connectivity index (χ2v) is 6.32. The monoisotopic (exact) mass is 333 g/mol. The van der Waals surface area contributed by atoms with Crippen molar-refractivity contribution in [3.8, 4) is 5.69 Å². The van der Waals surface area contributed by atoms with E-state index < -0.39 is 0 Å². The van der Waals surface area contributed by atoms with Crippen LogP contribution in [0.15, 0.2) is 34.9 Å². The molecular weight excluding hydrogens is 314 g/mol. The summed E-state index contributed by atoms with van der Waals surface area (Å²) in [6.07, 6.45) is 5.82. The number of hydrogen-bond acceptors (Lipinski definition) is 2. The number of nitrogens with one attached hydrogen (secondary N) is 1. The fraction of sp³-hybridized carbons (Fsp3) is 0.438. The Bertz CT molecular complexity index is 587. The van der Waals surface area contributed by atoms with E-state index in [-0.39, 0.29) is 0 Å². The summed E-state index contributed by atoms with van der Waals surface area (Å²) in [5.41, 5.74) is 3.68. The molecule has 1 aliphatic carbocycles. The summed E-state index contributed by atoms with van der Waals surface area (Å²) in [7, 11) is 0. The summed E-state index contributed by atoms with van der Waals surface area (Å²) >= 11 is 3.56. The van der Waals surface area contributed by atoms with Gasteiger partial charge in [-0.25, -0.2) is 4.68 Å². The quantitative estimate of drug-likeness (QED) is 0.809. The van der Waals surface area contributed by atoms with Crippen LogP contribution in [-0.4, -0.2) is 16.3 Å². The van der Waals surface area contributed by atoms with Crippen molar-refractivity contribution in [2.45, 2.75) is 38.6 Å². The van der Waals surface area contributed by atoms with Crippen LogP contribution in [0.1, 0.15) is 43.4 Å². The Morgan fingerprint density at radius 1 is 1.35 bits per heavy atom. The lowest BCUT2D eigenvalue weighted by molar-refractivity contribution is 0.669. The summed E-state index contributed by atoms with van der Waals surface area (Å²) in [6, 6.07) is 8.56. The topological polar surface area (TPSA) is 29.9 Å². The summed E-state index contributed by atoms with van der Waals surface area (Å²) in [6.45, 7) is 4.11. The van der Waals surface area contributed by atoms with Gasteiger partial charge >= 0.3 is 0 Å². The molecule has 1 aromatic heterocycles. The van der Waals surface area contributed by atoms with Crippen LogP contribution in [0.2, 0.25) is 0 Å². The Morgan fingerprint density at radius 2 is 2.20 bits per heavy atom. The number of aromatic nitrogens is 2. The van der Waals surface area contributed by atoms with Gasteiger partial charge in [0.15, 0.2) is 0 Å². The van der Waals surface area contributed by atoms with Crippen LogP contribution in [0, 0.1) is 0 Å². The van der Waals surface area contributed by atoms with Crippen LogP contribution in [0.3, 0.4) is 0 Å². The molecule has 1 N–H and O–H groups in total. The highest BCUT2D eigenvalue weighted by molar-refractivity contribution is 9.10. The van der Waals surface area contributed by atoms with Crippen LogP contribution >= 0.6 is 15.9 Å². The van der Waals surface area contributed by atoms with Crippen LogP contribution < -0.4 is 5.32 Å². The maximum Gasteiger partial charge on any atom is 0.0701 e. The Labute approximate surface area is 128 Å². The van der Waals surface area contributed by atoms with E-state index in [9.17, 15) is 0 Å². The van der Waals surface area contributed by atoms with Gasteiger partial charge in [-0.15, -0.1) is 0 Å². The van der Waals surface area contributed by atoms with E-state index in [0.29, 0.717) is 5.92 Å². The van der Waals surface area contributed by atoms with Gasteiger partial charge in [0.2, 0.25) is 0 Å². The zero-order chi connectivity index (χ0) is 13.9. The molecule has 2 aromatic rings. The average Bonchev–Trinajstić information content (AvgIpc) is 3.19. The molecule has 0 unspecified atom stereocenters. The molecule has 106 valence electrons. The third-order valence-corrected chi connectivity index (χ3v) is 4.13. The Hall–Kier alpha value is -1.13. The fourth-order valence-electron chi connectivity index (χ4n) is 2.37. The fourth-order valence-corrected chi connectivity index (χ4v) is 2.72. The van der Waals surface area contributed by atoms with E-state index in [1.165, 1.54) is 24.1 Å². The molecule has 0 saturated heterocycles. The van der Waals surface area contributed by atoms with Gasteiger partial charge in [-0.2, -0.15) is 5.10 Å². The minimum atomic E-state index is 0.699. The third kappa shape index (κ3) is 3.13. The van der Waals surface area contributed by atoms with Crippen molar-refractivity contribution in [2.24, 2.45) is 0 Å². The number of nitrogens with zero attached hydrogens (tertiary/aromatic N) is 2. The lowest BCUT2D eigenvalue weighted by Gasteiger charge is -2.11. The largest absolute Gasteiger partial charge is 0.313 e. The van der Waals surface area contributed by atoms with E-state index in [4.69, 9.17) is 5.10 Å². The van der Waals surface area contributed by atoms with Gasteiger partial charge in [0, 0.05) is 23.1 Å². The normalized spacial score (nSPS) is 14.7. The Morgan fingerprint density at radius 3 is 2.95 bits per heavy atom. The van der Waals surface area contributed by atoms with E-state index in [2.05, 4.69) is 58.6 Å². The van der Waals surface area contributed by atoms with Gasteiger partial charge < -0.3 is 5.32 Å². The van der Waals surface area contributed by atoms with Crippen molar-refractivity contribution in [2.75, 3.05) is 6.54 Å². The van der Waals surface area contributed by atoms with Crippen LogP contribution in [-0.2, 0) is 6.54 Å². The molecule has 0 spiro atoms. The van der Waals surface area contributed by atoms with Crippen LogP contribution in [0.5, 0.6) is 0 Å². The maximum absolute atomic E-state index is 4.74. The van der Waals surface area contributed by atoms with Crippen molar-refractivity contribution < 1.29 is 0 Å². The summed E-state index contributed by atoms with van der Waals surface area (Å²) in [5.74, 6) is 0.699. The molecule has 1 heterocycles. The van der Waals surface area contributed by atoms with Crippen molar-refractivity contribution in [3.63, 3.8) is 0 Å². The zero-order valence-electron chi connectivity index (χ0n) is 11.8. The first kappa shape index (κ1) is 13.8. The highest BCUT2D eigenvalue weighted by atomic mass is 79.9. The Kier molecular flexibility index (Phi) is 4.22. The van der Waals surface area contributed by atoms with Crippen molar-refractivity contribution in [3.05, 3.63) is 46.2 Å². The van der Waals surface area contributed by atoms with Crippen LogP contribution in [0.4, 0.5) is 0 Å². The molecule has 0 radical (unpaired) electrons. The first-order valence-electron chi connectivity index (χ1n) is 7.33. The number of benzene rings is 1. The predicted octanol–water partition coefficient (Wildman–Crippen LogP) is 4.01. The van der Waals surface area contributed by atoms with Gasteiger partial charge in [0.1, 0.15) is 0 Å². The van der Waals surface area contributed by atoms with E-state index >= 15 is 0 Å². The summed E-state index contributed by atoms with van der Waals surface area (Å²) < 4.78 is 3.11. The van der Waals surface area contributed by atoms with Gasteiger partial charge in [-0.05, 0) is 49.6 Å². The second kappa shape index (κ2) is 6.10. The SMILES string of the molecule is CCCNCc1ccc(Br)cc1-n1ccc(C2CC2)n1. The molecule has 3 rings (SSSR count). The summed E-state index contributed by atoms with van der Waals surface area (Å²) in [4.78, 5) is 0. The molecule has 20 heavy (non-hydrogen) atoms. The van der Waals surface area contributed by atoms with E-state index in [0.717, 1.165) is 29.7 Å². The highest BCUT2D eigenvalue weighted by Gasteiger charge is 2.26. The van der Waals surface area contributed by atoms with Crippen molar-refractivity contribution >= 4 is 15.9 Å². The molecule has 1 fully saturated rings. The number of hydrogen-bond donors (Lipinski definition) is 1. The van der Waals surface area contributed by atoms with Gasteiger partial charge in [-0.3, -0.25) is 0 Å². The molecule has 0 atom stereocenters. The lowest BCUT2D eigenvalue weighted by Crippen LogP contribution is -2.15. The second-order valence-electron chi connectivity index (χ2n) is 5.41. The molecule has 0 bridgehead atoms. The molecule has 0 aliphatic heterocycles. The maximum atomic E-state index is 4.74. The van der Waals surface area contributed by atoms with Gasteiger partial charge in [0.25, 0.3) is 0 Å². The first-order chi connectivity index (χ1) is 9.78. The third-order valence-electron chi connectivity index (χ3n) is 3.64. The van der Waals surface area contributed by atoms with Crippen molar-refractivity contribution in [1.29, 1.82) is 0 Å². The molecular formula is C16H20BrN3. The molecule has 1 saturated carbocycles. The molecule has 1 aromatic carbocycles. The first-order valence-corrected chi connectivity index (χ1v) is 8.12. The lowest BCUT2D eigenvalue weighted by atomic mass is 10.2. The molecule has 0 amide bonds. The predicted molar refractivity (Wildman–Crippen MR) is 85.2 cm³/mol. The number of rotatable bonds is 6. The minimum absolute atomic E-state index is 0.699. The van der Waals surface area contributed by atoms with Crippen LogP contribution in [0.25, 0.3) is 5.69 Å². The standard InChI is InChI=1S/C16H20BrN3/c1-2-8-18-11-13-5-6-14(17)10-16(13)20-9-7-15(19-20)12-3-4-12/h5-7,9-10,12,18H,2-4,8,11H2,1H3. The molecule has 3 nitrogen and oxygen atoms in total. The van der Waals surface area contributed by atoms with Gasteiger partial charge in [0.05, 0.1) is 11.4 Å².